The minimum Gasteiger partial charge on any atom is -0.359 e. The number of aromatic nitrogens is 1. The maximum absolute atomic E-state index is 4.94. The normalized spacial score (nSPS) is 21.1. The molecule has 1 aromatic carbocycles. The van der Waals surface area contributed by atoms with Gasteiger partial charge in [0.2, 0.25) is 0 Å². The van der Waals surface area contributed by atoms with E-state index >= 15 is 0 Å². The molecule has 0 fully saturated rings. The van der Waals surface area contributed by atoms with Crippen LogP contribution in [-0.4, -0.2) is 35.3 Å². The standard InChI is InChI=1S/C20H20N6O/c1-27-24-14-17-13-23-26-19(22-12-15-6-5-9-21-11-15)10-18(25-20(17)26)16-7-3-2-4-8-16/h2-11,13-14,20,24-25H,12H2,1H3. The zero-order valence-electron chi connectivity index (χ0n) is 14.9. The van der Waals surface area contributed by atoms with Crippen LogP contribution in [-0.2, 0) is 11.4 Å². The molecule has 2 aliphatic rings. The van der Waals surface area contributed by atoms with E-state index in [1.807, 2.05) is 47.6 Å². The van der Waals surface area contributed by atoms with Crippen molar-refractivity contribution in [2.75, 3.05) is 7.11 Å². The van der Waals surface area contributed by atoms with Crippen LogP contribution in [0.5, 0.6) is 0 Å². The Morgan fingerprint density at radius 1 is 1.26 bits per heavy atom. The highest BCUT2D eigenvalue weighted by Crippen LogP contribution is 2.25. The average molecular weight is 360 g/mol. The van der Waals surface area contributed by atoms with Crippen LogP contribution >= 0.6 is 0 Å². The smallest absolute Gasteiger partial charge is 0.152 e. The Hall–Kier alpha value is -3.45. The molecule has 1 atom stereocenters. The third-order valence-corrected chi connectivity index (χ3v) is 4.27. The molecule has 0 radical (unpaired) electrons. The summed E-state index contributed by atoms with van der Waals surface area (Å²) in [7, 11) is 1.57. The molecule has 0 spiro atoms. The van der Waals surface area contributed by atoms with Crippen molar-refractivity contribution in [2.45, 2.75) is 12.7 Å². The van der Waals surface area contributed by atoms with E-state index < -0.39 is 0 Å². The topological polar surface area (TPSA) is 74.1 Å². The van der Waals surface area contributed by atoms with Crippen LogP contribution in [0.1, 0.15) is 11.1 Å². The first-order chi connectivity index (χ1) is 13.3. The van der Waals surface area contributed by atoms with Gasteiger partial charge in [-0.05, 0) is 17.2 Å². The summed E-state index contributed by atoms with van der Waals surface area (Å²) in [5.41, 5.74) is 6.86. The van der Waals surface area contributed by atoms with Gasteiger partial charge in [-0.15, -0.1) is 0 Å². The van der Waals surface area contributed by atoms with E-state index in [-0.39, 0.29) is 6.17 Å². The Labute approximate surface area is 157 Å². The summed E-state index contributed by atoms with van der Waals surface area (Å²) in [6.45, 7) is 0.538. The number of fused-ring (bicyclic) bond motifs is 1. The summed E-state index contributed by atoms with van der Waals surface area (Å²) in [5.74, 6) is 0.790. The van der Waals surface area contributed by atoms with Gasteiger partial charge in [-0.2, -0.15) is 5.10 Å². The van der Waals surface area contributed by atoms with Crippen molar-refractivity contribution in [1.82, 2.24) is 20.8 Å². The van der Waals surface area contributed by atoms with Crippen LogP contribution in [0.15, 0.2) is 82.8 Å². The fraction of sp³-hybridized carbons (Fsp3) is 0.150. The zero-order valence-corrected chi connectivity index (χ0v) is 14.9. The summed E-state index contributed by atoms with van der Waals surface area (Å²) >= 11 is 0. The van der Waals surface area contributed by atoms with Crippen molar-refractivity contribution >= 4 is 17.7 Å². The average Bonchev–Trinajstić information content (AvgIpc) is 3.15. The number of aliphatic imine (C=N–C) groups is 1. The number of hydrogen-bond acceptors (Lipinski definition) is 6. The molecule has 136 valence electrons. The van der Waals surface area contributed by atoms with Crippen LogP contribution in [0.2, 0.25) is 0 Å². The number of hydrogen-bond donors (Lipinski definition) is 2. The highest BCUT2D eigenvalue weighted by atomic mass is 16.6. The zero-order chi connectivity index (χ0) is 18.5. The molecule has 2 N–H and O–H groups in total. The summed E-state index contributed by atoms with van der Waals surface area (Å²) < 4.78 is 0. The minimum absolute atomic E-state index is 0.152. The number of amidine groups is 1. The van der Waals surface area contributed by atoms with Gasteiger partial charge in [0.05, 0.1) is 19.9 Å². The van der Waals surface area contributed by atoms with Crippen molar-refractivity contribution in [3.8, 4) is 0 Å². The predicted octanol–water partition coefficient (Wildman–Crippen LogP) is 2.29. The second kappa shape index (κ2) is 7.84. The first-order valence-corrected chi connectivity index (χ1v) is 8.64. The molecule has 3 heterocycles. The maximum atomic E-state index is 4.94. The van der Waals surface area contributed by atoms with E-state index in [2.05, 4.69) is 33.0 Å². The van der Waals surface area contributed by atoms with Crippen molar-refractivity contribution in [3.05, 3.63) is 83.8 Å². The number of pyridine rings is 1. The summed E-state index contributed by atoms with van der Waals surface area (Å²) in [4.78, 5) is 13.9. The third-order valence-electron chi connectivity index (χ3n) is 4.27. The summed E-state index contributed by atoms with van der Waals surface area (Å²) in [6, 6.07) is 14.1. The van der Waals surface area contributed by atoms with Crippen LogP contribution in [0.25, 0.3) is 5.70 Å². The van der Waals surface area contributed by atoms with E-state index in [0.717, 1.165) is 28.2 Å². The Kier molecular flexibility index (Phi) is 4.93. The van der Waals surface area contributed by atoms with Crippen LogP contribution < -0.4 is 10.8 Å². The summed E-state index contributed by atoms with van der Waals surface area (Å²) in [6.07, 6.45) is 9.03. The lowest BCUT2D eigenvalue weighted by atomic mass is 10.1. The third kappa shape index (κ3) is 3.73. The second-order valence-corrected chi connectivity index (χ2v) is 6.06. The van der Waals surface area contributed by atoms with Gasteiger partial charge < -0.3 is 5.32 Å². The monoisotopic (exact) mass is 360 g/mol. The first-order valence-electron chi connectivity index (χ1n) is 8.64. The number of hydroxylamine groups is 1. The van der Waals surface area contributed by atoms with Crippen molar-refractivity contribution < 1.29 is 4.84 Å². The van der Waals surface area contributed by atoms with E-state index in [1.54, 1.807) is 25.7 Å². The lowest BCUT2D eigenvalue weighted by Crippen LogP contribution is -2.47. The quantitative estimate of drug-likeness (QED) is 0.801. The number of hydrazone groups is 1. The highest BCUT2D eigenvalue weighted by Gasteiger charge is 2.33. The molecule has 0 amide bonds. The van der Waals surface area contributed by atoms with Gasteiger partial charge in [0, 0.05) is 35.9 Å². The van der Waals surface area contributed by atoms with E-state index in [0.29, 0.717) is 6.54 Å². The largest absolute Gasteiger partial charge is 0.359 e. The van der Waals surface area contributed by atoms with Crippen molar-refractivity contribution in [2.24, 2.45) is 10.1 Å². The Morgan fingerprint density at radius 2 is 2.15 bits per heavy atom. The molecular weight excluding hydrogens is 340 g/mol. The maximum Gasteiger partial charge on any atom is 0.152 e. The minimum atomic E-state index is -0.152. The number of benzene rings is 1. The van der Waals surface area contributed by atoms with Crippen LogP contribution in [0, 0.1) is 0 Å². The lowest BCUT2D eigenvalue weighted by Gasteiger charge is -2.32. The van der Waals surface area contributed by atoms with Gasteiger partial charge in [0.15, 0.2) is 6.17 Å². The Balaban J connectivity index is 1.67. The Morgan fingerprint density at radius 3 is 2.93 bits per heavy atom. The molecule has 27 heavy (non-hydrogen) atoms. The molecule has 4 rings (SSSR count). The first kappa shape index (κ1) is 17.0. The van der Waals surface area contributed by atoms with Crippen molar-refractivity contribution in [3.63, 3.8) is 0 Å². The molecular formula is C20H20N6O. The van der Waals surface area contributed by atoms with Gasteiger partial charge in [-0.25, -0.2) is 5.01 Å². The molecule has 0 aliphatic carbocycles. The predicted molar refractivity (Wildman–Crippen MR) is 105 cm³/mol. The van der Waals surface area contributed by atoms with E-state index in [9.17, 15) is 0 Å². The molecule has 7 heteroatoms. The molecule has 0 saturated heterocycles. The van der Waals surface area contributed by atoms with Gasteiger partial charge in [0.25, 0.3) is 0 Å². The highest BCUT2D eigenvalue weighted by molar-refractivity contribution is 6.03. The molecule has 7 nitrogen and oxygen atoms in total. The van der Waals surface area contributed by atoms with Gasteiger partial charge in [-0.1, -0.05) is 36.4 Å². The number of nitrogens with zero attached hydrogens (tertiary/aromatic N) is 4. The van der Waals surface area contributed by atoms with Crippen LogP contribution in [0.4, 0.5) is 0 Å². The van der Waals surface area contributed by atoms with Gasteiger partial charge in [0.1, 0.15) is 5.84 Å². The van der Waals surface area contributed by atoms with Gasteiger partial charge in [-0.3, -0.25) is 20.3 Å². The van der Waals surface area contributed by atoms with Gasteiger partial charge >= 0.3 is 0 Å². The lowest BCUT2D eigenvalue weighted by molar-refractivity contribution is 0.127. The van der Waals surface area contributed by atoms with Crippen molar-refractivity contribution in [1.29, 1.82) is 0 Å². The Bertz CT molecular complexity index is 905. The summed E-state index contributed by atoms with van der Waals surface area (Å²) in [5, 5.41) is 9.90. The molecule has 2 aromatic rings. The fourth-order valence-corrected chi connectivity index (χ4v) is 2.94. The van der Waals surface area contributed by atoms with E-state index in [1.165, 1.54) is 0 Å². The SMILES string of the molecule is CONC=C1C=NN2C(=NCc3cccnc3)C=C(c3ccccc3)NC12. The molecule has 0 bridgehead atoms. The molecule has 1 unspecified atom stereocenters. The van der Waals surface area contributed by atoms with E-state index in [4.69, 9.17) is 9.83 Å². The number of nitrogens with one attached hydrogen (secondary N) is 2. The molecule has 1 aromatic heterocycles. The second-order valence-electron chi connectivity index (χ2n) is 6.06. The van der Waals surface area contributed by atoms with Crippen LogP contribution in [0.3, 0.4) is 0 Å². The molecule has 2 aliphatic heterocycles. The molecule has 0 saturated carbocycles. The number of rotatable bonds is 5. The fourth-order valence-electron chi connectivity index (χ4n) is 2.94.